The Kier molecular flexibility index (Phi) is 3.20. The molecule has 3 rings (SSSR count). The Hall–Kier alpha value is -1.19. The summed E-state index contributed by atoms with van der Waals surface area (Å²) in [7, 11) is 0. The Labute approximate surface area is 106 Å². The number of nitrogens with zero attached hydrogens (tertiary/aromatic N) is 1. The lowest BCUT2D eigenvalue weighted by Gasteiger charge is -2.26. The molecule has 0 radical (unpaired) electrons. The zero-order chi connectivity index (χ0) is 11.5. The van der Waals surface area contributed by atoms with Gasteiger partial charge in [0, 0.05) is 23.7 Å². The maximum atomic E-state index is 4.11. The summed E-state index contributed by atoms with van der Waals surface area (Å²) < 4.78 is 0. The normalized spacial score (nSPS) is 18.9. The van der Waals surface area contributed by atoms with Crippen LogP contribution < -0.4 is 5.32 Å². The standard InChI is InChI=1S/C14H16N2S/c1-2-6-13-11(4-1)5-3-7-14(13)16-9-12-8-15-10-17-12/h1-2,4,6,8,10,14,16H,3,5,7,9H2. The van der Waals surface area contributed by atoms with Gasteiger partial charge in [-0.05, 0) is 30.4 Å². The molecule has 17 heavy (non-hydrogen) atoms. The number of fused-ring (bicyclic) bond motifs is 1. The van der Waals surface area contributed by atoms with Gasteiger partial charge in [0.25, 0.3) is 0 Å². The summed E-state index contributed by atoms with van der Waals surface area (Å²) in [6.45, 7) is 0.934. The first-order valence-electron chi connectivity index (χ1n) is 6.12. The van der Waals surface area contributed by atoms with Crippen molar-refractivity contribution < 1.29 is 0 Å². The van der Waals surface area contributed by atoms with E-state index in [1.54, 1.807) is 11.3 Å². The van der Waals surface area contributed by atoms with Crippen molar-refractivity contribution in [3.05, 3.63) is 52.0 Å². The van der Waals surface area contributed by atoms with E-state index in [2.05, 4.69) is 34.6 Å². The molecule has 0 spiro atoms. The summed E-state index contributed by atoms with van der Waals surface area (Å²) in [5.74, 6) is 0. The summed E-state index contributed by atoms with van der Waals surface area (Å²) in [5, 5.41) is 3.65. The van der Waals surface area contributed by atoms with Gasteiger partial charge in [0.1, 0.15) is 0 Å². The number of nitrogens with one attached hydrogen (secondary N) is 1. The van der Waals surface area contributed by atoms with Crippen molar-refractivity contribution in [3.63, 3.8) is 0 Å². The third kappa shape index (κ3) is 2.40. The first-order valence-corrected chi connectivity index (χ1v) is 7.00. The number of rotatable bonds is 3. The highest BCUT2D eigenvalue weighted by Gasteiger charge is 2.18. The minimum Gasteiger partial charge on any atom is -0.305 e. The van der Waals surface area contributed by atoms with Crippen molar-refractivity contribution in [1.29, 1.82) is 0 Å². The Morgan fingerprint density at radius 3 is 3.18 bits per heavy atom. The highest BCUT2D eigenvalue weighted by atomic mass is 32.1. The Balaban J connectivity index is 1.72. The molecule has 3 heteroatoms. The molecule has 0 bridgehead atoms. The zero-order valence-electron chi connectivity index (χ0n) is 9.73. The van der Waals surface area contributed by atoms with Crippen LogP contribution in [0, 0.1) is 0 Å². The van der Waals surface area contributed by atoms with Crippen LogP contribution in [0.1, 0.15) is 34.9 Å². The molecule has 0 amide bonds. The van der Waals surface area contributed by atoms with Gasteiger partial charge in [0.15, 0.2) is 0 Å². The molecule has 1 atom stereocenters. The molecule has 1 unspecified atom stereocenters. The number of aryl methyl sites for hydroxylation is 1. The van der Waals surface area contributed by atoms with Crippen LogP contribution in [-0.2, 0) is 13.0 Å². The molecule has 1 aliphatic rings. The molecule has 0 saturated heterocycles. The van der Waals surface area contributed by atoms with Gasteiger partial charge in [-0.15, -0.1) is 11.3 Å². The van der Waals surface area contributed by atoms with Gasteiger partial charge < -0.3 is 5.32 Å². The van der Waals surface area contributed by atoms with Crippen molar-refractivity contribution >= 4 is 11.3 Å². The first-order chi connectivity index (χ1) is 8.43. The van der Waals surface area contributed by atoms with Gasteiger partial charge >= 0.3 is 0 Å². The molecule has 0 aliphatic heterocycles. The van der Waals surface area contributed by atoms with Crippen LogP contribution >= 0.6 is 11.3 Å². The summed E-state index contributed by atoms with van der Waals surface area (Å²) in [6.07, 6.45) is 5.72. The predicted octanol–water partition coefficient (Wildman–Crippen LogP) is 3.31. The first kappa shape index (κ1) is 10.9. The van der Waals surface area contributed by atoms with Crippen LogP contribution in [-0.4, -0.2) is 4.98 Å². The Bertz CT molecular complexity index is 479. The van der Waals surface area contributed by atoms with E-state index in [-0.39, 0.29) is 0 Å². The largest absolute Gasteiger partial charge is 0.305 e. The van der Waals surface area contributed by atoms with Crippen LogP contribution in [0.25, 0.3) is 0 Å². The maximum absolute atomic E-state index is 4.11. The van der Waals surface area contributed by atoms with Crippen molar-refractivity contribution in [2.45, 2.75) is 31.8 Å². The molecule has 2 nitrogen and oxygen atoms in total. The molecular weight excluding hydrogens is 228 g/mol. The summed E-state index contributed by atoms with van der Waals surface area (Å²) in [5.41, 5.74) is 4.90. The van der Waals surface area contributed by atoms with Crippen molar-refractivity contribution in [3.8, 4) is 0 Å². The molecule has 2 aromatic rings. The van der Waals surface area contributed by atoms with Crippen LogP contribution in [0.5, 0.6) is 0 Å². The van der Waals surface area contributed by atoms with E-state index in [0.29, 0.717) is 6.04 Å². The fourth-order valence-corrected chi connectivity index (χ4v) is 3.06. The van der Waals surface area contributed by atoms with E-state index >= 15 is 0 Å². The average Bonchev–Trinajstić information content (AvgIpc) is 2.89. The Morgan fingerprint density at radius 2 is 2.29 bits per heavy atom. The SMILES string of the molecule is c1ccc2c(c1)CCCC2NCc1cncs1. The van der Waals surface area contributed by atoms with Crippen molar-refractivity contribution in [2.75, 3.05) is 0 Å². The molecule has 1 heterocycles. The number of thiazole rings is 1. The van der Waals surface area contributed by atoms with Crippen LogP contribution in [0.4, 0.5) is 0 Å². The van der Waals surface area contributed by atoms with Gasteiger partial charge in [-0.25, -0.2) is 0 Å². The van der Waals surface area contributed by atoms with Crippen molar-refractivity contribution in [2.24, 2.45) is 0 Å². The van der Waals surface area contributed by atoms with Crippen LogP contribution in [0.15, 0.2) is 36.0 Å². The van der Waals surface area contributed by atoms with Crippen LogP contribution in [0.2, 0.25) is 0 Å². The third-order valence-electron chi connectivity index (χ3n) is 3.38. The zero-order valence-corrected chi connectivity index (χ0v) is 10.5. The second kappa shape index (κ2) is 4.98. The van der Waals surface area contributed by atoms with E-state index in [1.807, 2.05) is 11.7 Å². The van der Waals surface area contributed by atoms with Gasteiger partial charge in [0.05, 0.1) is 5.51 Å². The fraction of sp³-hybridized carbons (Fsp3) is 0.357. The minimum atomic E-state index is 0.516. The number of aromatic nitrogens is 1. The molecule has 1 aliphatic carbocycles. The molecule has 1 aromatic heterocycles. The summed E-state index contributed by atoms with van der Waals surface area (Å²) in [4.78, 5) is 5.42. The highest BCUT2D eigenvalue weighted by molar-refractivity contribution is 7.09. The molecule has 88 valence electrons. The molecule has 0 saturated carbocycles. The summed E-state index contributed by atoms with van der Waals surface area (Å²) in [6, 6.07) is 9.33. The topological polar surface area (TPSA) is 24.9 Å². The number of hydrogen-bond donors (Lipinski definition) is 1. The fourth-order valence-electron chi connectivity index (χ4n) is 2.52. The van der Waals surface area contributed by atoms with E-state index in [0.717, 1.165) is 6.54 Å². The quantitative estimate of drug-likeness (QED) is 0.896. The number of hydrogen-bond acceptors (Lipinski definition) is 3. The van der Waals surface area contributed by atoms with Gasteiger partial charge in [-0.2, -0.15) is 0 Å². The van der Waals surface area contributed by atoms with Crippen LogP contribution in [0.3, 0.4) is 0 Å². The second-order valence-electron chi connectivity index (χ2n) is 4.49. The maximum Gasteiger partial charge on any atom is 0.0794 e. The Morgan fingerprint density at radius 1 is 1.35 bits per heavy atom. The summed E-state index contributed by atoms with van der Waals surface area (Å²) >= 11 is 1.72. The monoisotopic (exact) mass is 244 g/mol. The van der Waals surface area contributed by atoms with Crippen molar-refractivity contribution in [1.82, 2.24) is 10.3 Å². The lowest BCUT2D eigenvalue weighted by atomic mass is 9.88. The lowest BCUT2D eigenvalue weighted by Crippen LogP contribution is -2.24. The average molecular weight is 244 g/mol. The van der Waals surface area contributed by atoms with E-state index in [9.17, 15) is 0 Å². The van der Waals surface area contributed by atoms with Gasteiger partial charge in [0.2, 0.25) is 0 Å². The predicted molar refractivity (Wildman–Crippen MR) is 71.1 cm³/mol. The highest BCUT2D eigenvalue weighted by Crippen LogP contribution is 2.29. The molecular formula is C14H16N2S. The van der Waals surface area contributed by atoms with E-state index < -0.39 is 0 Å². The third-order valence-corrected chi connectivity index (χ3v) is 4.16. The smallest absolute Gasteiger partial charge is 0.0794 e. The second-order valence-corrected chi connectivity index (χ2v) is 5.46. The molecule has 1 aromatic carbocycles. The molecule has 1 N–H and O–H groups in total. The number of benzene rings is 1. The van der Waals surface area contributed by atoms with Gasteiger partial charge in [-0.3, -0.25) is 4.98 Å². The lowest BCUT2D eigenvalue weighted by molar-refractivity contribution is 0.461. The van der Waals surface area contributed by atoms with E-state index in [1.165, 1.54) is 35.3 Å². The minimum absolute atomic E-state index is 0.516. The molecule has 0 fully saturated rings. The van der Waals surface area contributed by atoms with Gasteiger partial charge in [-0.1, -0.05) is 24.3 Å². The van der Waals surface area contributed by atoms with E-state index in [4.69, 9.17) is 0 Å².